The first-order valence-electron chi connectivity index (χ1n) is 11.7. The Morgan fingerprint density at radius 3 is 2.60 bits per heavy atom. The van der Waals surface area contributed by atoms with Gasteiger partial charge in [-0.15, -0.1) is 9.42 Å². The van der Waals surface area contributed by atoms with Crippen LogP contribution in [-0.2, 0) is 28.5 Å². The van der Waals surface area contributed by atoms with E-state index in [1.807, 2.05) is 30.3 Å². The van der Waals surface area contributed by atoms with E-state index >= 15 is 0 Å². The lowest BCUT2D eigenvalue weighted by Gasteiger charge is -2.09. The standard InChI is InChI=1S/C26H28N3O5P/c30-35(31)33-17-7-15-27-19-21-13-14-22(23(18-21)24-11-6-16-32-24)26-28-25(34-29-26)12-5-4-10-20-8-2-1-3-9-20/h1-3,6,8-9,11,13-14,16,18,27H,4-5,7,10,12,15,17,19H2/p+1. The number of benzene rings is 2. The fourth-order valence-corrected chi connectivity index (χ4v) is 4.11. The number of hydrogen-bond acceptors (Lipinski definition) is 7. The Labute approximate surface area is 205 Å². The number of unbranched alkanes of at least 4 members (excludes halogenated alkanes) is 1. The molecule has 0 aliphatic rings. The summed E-state index contributed by atoms with van der Waals surface area (Å²) in [6.45, 7) is 1.54. The van der Waals surface area contributed by atoms with Crippen LogP contribution in [0.15, 0.2) is 75.9 Å². The van der Waals surface area contributed by atoms with Crippen molar-refractivity contribution in [1.29, 1.82) is 0 Å². The summed E-state index contributed by atoms with van der Waals surface area (Å²) in [7, 11) is -2.54. The Kier molecular flexibility index (Phi) is 9.32. The molecule has 8 nitrogen and oxygen atoms in total. The Morgan fingerprint density at radius 1 is 0.943 bits per heavy atom. The van der Waals surface area contributed by atoms with Crippen LogP contribution in [0.2, 0.25) is 0 Å². The highest BCUT2D eigenvalue weighted by Gasteiger charge is 2.16. The van der Waals surface area contributed by atoms with Crippen LogP contribution >= 0.6 is 8.25 Å². The average Bonchev–Trinajstić information content (AvgIpc) is 3.57. The third-order valence-electron chi connectivity index (χ3n) is 5.56. The van der Waals surface area contributed by atoms with Gasteiger partial charge in [0.2, 0.25) is 11.7 Å². The van der Waals surface area contributed by atoms with Gasteiger partial charge in [0.25, 0.3) is 0 Å². The Hall–Kier alpha value is -3.16. The van der Waals surface area contributed by atoms with Crippen molar-refractivity contribution >= 4 is 8.25 Å². The fraction of sp³-hybridized carbons (Fsp3) is 0.308. The van der Waals surface area contributed by atoms with Gasteiger partial charge in [-0.2, -0.15) is 4.98 Å². The molecule has 1 atom stereocenters. The van der Waals surface area contributed by atoms with E-state index in [0.717, 1.165) is 48.1 Å². The molecule has 0 fully saturated rings. The molecule has 182 valence electrons. The Morgan fingerprint density at radius 2 is 1.80 bits per heavy atom. The van der Waals surface area contributed by atoms with Gasteiger partial charge in [0.1, 0.15) is 12.4 Å². The first kappa shape index (κ1) is 24.9. The second-order valence-corrected chi connectivity index (χ2v) is 8.90. The van der Waals surface area contributed by atoms with Crippen molar-refractivity contribution in [2.24, 2.45) is 0 Å². The highest BCUT2D eigenvalue weighted by molar-refractivity contribution is 7.32. The van der Waals surface area contributed by atoms with Gasteiger partial charge in [-0.3, -0.25) is 0 Å². The summed E-state index contributed by atoms with van der Waals surface area (Å²) in [5.74, 6) is 1.91. The highest BCUT2D eigenvalue weighted by Crippen LogP contribution is 2.32. The van der Waals surface area contributed by atoms with Crippen LogP contribution in [0.25, 0.3) is 22.7 Å². The van der Waals surface area contributed by atoms with Gasteiger partial charge in [-0.25, -0.2) is 0 Å². The first-order chi connectivity index (χ1) is 17.2. The zero-order valence-electron chi connectivity index (χ0n) is 19.4. The number of nitrogens with zero attached hydrogens (tertiary/aromatic N) is 2. The molecule has 2 heterocycles. The van der Waals surface area contributed by atoms with Crippen molar-refractivity contribution in [2.45, 2.75) is 38.6 Å². The Balaban J connectivity index is 1.37. The minimum absolute atomic E-state index is 0.238. The zero-order chi connectivity index (χ0) is 24.3. The van der Waals surface area contributed by atoms with E-state index in [2.05, 4.69) is 50.3 Å². The molecule has 0 aliphatic carbocycles. The van der Waals surface area contributed by atoms with E-state index in [1.165, 1.54) is 5.56 Å². The summed E-state index contributed by atoms with van der Waals surface area (Å²) in [6, 6.07) is 20.3. The number of aryl methyl sites for hydroxylation is 2. The minimum atomic E-state index is -2.54. The fourth-order valence-electron chi connectivity index (χ4n) is 3.82. The molecule has 2 aromatic carbocycles. The number of furan rings is 1. The molecule has 4 rings (SSSR count). The lowest BCUT2D eigenvalue weighted by atomic mass is 10.0. The molecule has 2 aromatic heterocycles. The van der Waals surface area contributed by atoms with Crippen molar-refractivity contribution in [2.75, 3.05) is 13.2 Å². The maximum Gasteiger partial charge on any atom is 0.694 e. The lowest BCUT2D eigenvalue weighted by Crippen LogP contribution is -2.16. The molecular formula is C26H29N3O5P+. The summed E-state index contributed by atoms with van der Waals surface area (Å²) in [6.07, 6.45) is 6.10. The van der Waals surface area contributed by atoms with Crippen molar-refractivity contribution in [3.63, 3.8) is 0 Å². The summed E-state index contributed by atoms with van der Waals surface area (Å²) in [5.41, 5.74) is 4.15. The predicted molar refractivity (Wildman–Crippen MR) is 133 cm³/mol. The normalized spacial score (nSPS) is 11.6. The van der Waals surface area contributed by atoms with Gasteiger partial charge < -0.3 is 14.3 Å². The van der Waals surface area contributed by atoms with Crippen LogP contribution in [0.3, 0.4) is 0 Å². The van der Waals surface area contributed by atoms with Gasteiger partial charge >= 0.3 is 8.25 Å². The quantitative estimate of drug-likeness (QED) is 0.169. The zero-order valence-corrected chi connectivity index (χ0v) is 20.3. The lowest BCUT2D eigenvalue weighted by molar-refractivity contribution is 0.276. The van der Waals surface area contributed by atoms with Gasteiger partial charge in [-0.05, 0) is 67.6 Å². The second-order valence-electron chi connectivity index (χ2n) is 8.16. The molecule has 1 unspecified atom stereocenters. The van der Waals surface area contributed by atoms with Crippen LogP contribution < -0.4 is 5.32 Å². The molecular weight excluding hydrogens is 465 g/mol. The Bertz CT molecular complexity index is 1190. The molecule has 0 saturated carbocycles. The maximum atomic E-state index is 10.6. The van der Waals surface area contributed by atoms with Crippen LogP contribution in [0.4, 0.5) is 0 Å². The largest absolute Gasteiger partial charge is 0.694 e. The van der Waals surface area contributed by atoms with Crippen molar-refractivity contribution in [3.8, 4) is 22.7 Å². The first-order valence-corrected chi connectivity index (χ1v) is 12.9. The van der Waals surface area contributed by atoms with Crippen LogP contribution in [0.1, 0.15) is 36.3 Å². The predicted octanol–water partition coefficient (Wildman–Crippen LogP) is 5.71. The van der Waals surface area contributed by atoms with E-state index in [1.54, 1.807) is 6.26 Å². The van der Waals surface area contributed by atoms with Gasteiger partial charge in [0.15, 0.2) is 0 Å². The number of rotatable bonds is 14. The van der Waals surface area contributed by atoms with Crippen molar-refractivity contribution in [3.05, 3.63) is 83.9 Å². The van der Waals surface area contributed by atoms with Crippen LogP contribution in [-0.4, -0.2) is 28.2 Å². The second kappa shape index (κ2) is 13.1. The van der Waals surface area contributed by atoms with E-state index in [0.29, 0.717) is 31.2 Å². The molecule has 0 radical (unpaired) electrons. The average molecular weight is 495 g/mol. The molecule has 9 heteroatoms. The van der Waals surface area contributed by atoms with Crippen LogP contribution in [0, 0.1) is 0 Å². The van der Waals surface area contributed by atoms with Crippen LogP contribution in [0.5, 0.6) is 0 Å². The SMILES string of the molecule is O=[P+](O)OCCCNCc1ccc(-c2noc(CCCCc3ccccc3)n2)c(-c2ccco2)c1. The molecule has 0 aliphatic heterocycles. The third-order valence-corrected chi connectivity index (χ3v) is 5.96. The maximum absolute atomic E-state index is 10.6. The summed E-state index contributed by atoms with van der Waals surface area (Å²) < 4.78 is 26.4. The van der Waals surface area contributed by atoms with Crippen molar-refractivity contribution < 1.29 is 22.9 Å². The molecule has 2 N–H and O–H groups in total. The van der Waals surface area contributed by atoms with Gasteiger partial charge in [-0.1, -0.05) is 41.6 Å². The van der Waals surface area contributed by atoms with E-state index in [-0.39, 0.29) is 6.61 Å². The van der Waals surface area contributed by atoms with E-state index < -0.39 is 8.25 Å². The minimum Gasteiger partial charge on any atom is -0.464 e. The number of aromatic nitrogens is 2. The third kappa shape index (κ3) is 7.67. The number of hydrogen-bond donors (Lipinski definition) is 2. The molecule has 4 aromatic rings. The van der Waals surface area contributed by atoms with Gasteiger partial charge in [0, 0.05) is 28.7 Å². The molecule has 0 amide bonds. The van der Waals surface area contributed by atoms with Gasteiger partial charge in [0.05, 0.1) is 6.26 Å². The number of nitrogens with one attached hydrogen (secondary N) is 1. The monoisotopic (exact) mass is 494 g/mol. The molecule has 35 heavy (non-hydrogen) atoms. The topological polar surface area (TPSA) is 111 Å². The summed E-state index contributed by atoms with van der Waals surface area (Å²) in [4.78, 5) is 13.3. The summed E-state index contributed by atoms with van der Waals surface area (Å²) in [5, 5.41) is 7.55. The molecule has 0 saturated heterocycles. The van der Waals surface area contributed by atoms with E-state index in [4.69, 9.17) is 13.8 Å². The molecule has 0 spiro atoms. The highest BCUT2D eigenvalue weighted by atomic mass is 31.1. The smallest absolute Gasteiger partial charge is 0.464 e. The van der Waals surface area contributed by atoms with Crippen molar-refractivity contribution in [1.82, 2.24) is 15.5 Å². The van der Waals surface area contributed by atoms with E-state index in [9.17, 15) is 4.57 Å². The molecule has 0 bridgehead atoms. The summed E-state index contributed by atoms with van der Waals surface area (Å²) >= 11 is 0.